The lowest BCUT2D eigenvalue weighted by molar-refractivity contribution is -0.113. The van der Waals surface area contributed by atoms with E-state index in [0.29, 0.717) is 19.1 Å². The Morgan fingerprint density at radius 2 is 2.11 bits per heavy atom. The number of carbonyl (C=O) groups is 1. The van der Waals surface area contributed by atoms with Crippen LogP contribution < -0.4 is 0 Å². The van der Waals surface area contributed by atoms with Gasteiger partial charge in [0.1, 0.15) is 6.29 Å². The molecule has 0 radical (unpaired) electrons. The zero-order valence-corrected chi connectivity index (χ0v) is 4.94. The quantitative estimate of drug-likeness (QED) is 0.536. The fourth-order valence-corrected chi connectivity index (χ4v) is 0.838. The molecule has 0 unspecified atom stereocenters. The summed E-state index contributed by atoms with van der Waals surface area (Å²) in [5.41, 5.74) is -0.617. The smallest absolute Gasteiger partial charge is 0.239 e. The minimum atomic E-state index is -2.32. The first-order valence-electron chi connectivity index (χ1n) is 2.93. The SMILES string of the molecule is O=CC1(CC(F)F)CC1. The van der Waals surface area contributed by atoms with Gasteiger partial charge in [-0.2, -0.15) is 0 Å². The van der Waals surface area contributed by atoms with E-state index >= 15 is 0 Å². The van der Waals surface area contributed by atoms with Gasteiger partial charge >= 0.3 is 0 Å². The first kappa shape index (κ1) is 6.65. The van der Waals surface area contributed by atoms with E-state index in [1.807, 2.05) is 0 Å². The maximum atomic E-state index is 11.6. The van der Waals surface area contributed by atoms with Crippen LogP contribution in [-0.4, -0.2) is 12.7 Å². The molecule has 0 aromatic carbocycles. The molecule has 3 heteroatoms. The van der Waals surface area contributed by atoms with Crippen molar-refractivity contribution in [1.29, 1.82) is 0 Å². The molecule has 0 atom stereocenters. The standard InChI is InChI=1S/C6H8F2O/c7-5(8)3-6(4-9)1-2-6/h4-5H,1-3H2. The van der Waals surface area contributed by atoms with Crippen molar-refractivity contribution >= 4 is 6.29 Å². The van der Waals surface area contributed by atoms with Gasteiger partial charge in [0.05, 0.1) is 0 Å². The second-order valence-corrected chi connectivity index (χ2v) is 2.58. The molecule has 1 rings (SSSR count). The molecular weight excluding hydrogens is 126 g/mol. The molecule has 1 saturated carbocycles. The van der Waals surface area contributed by atoms with E-state index < -0.39 is 11.8 Å². The van der Waals surface area contributed by atoms with Crippen LogP contribution in [0.25, 0.3) is 0 Å². The second kappa shape index (κ2) is 2.05. The Morgan fingerprint density at radius 1 is 1.56 bits per heavy atom. The maximum Gasteiger partial charge on any atom is 0.239 e. The molecule has 0 spiro atoms. The van der Waals surface area contributed by atoms with Gasteiger partial charge in [-0.3, -0.25) is 0 Å². The van der Waals surface area contributed by atoms with Crippen molar-refractivity contribution in [2.24, 2.45) is 5.41 Å². The van der Waals surface area contributed by atoms with Crippen molar-refractivity contribution in [3.63, 3.8) is 0 Å². The van der Waals surface area contributed by atoms with Gasteiger partial charge in [-0.1, -0.05) is 0 Å². The summed E-state index contributed by atoms with van der Waals surface area (Å²) in [6, 6.07) is 0. The van der Waals surface area contributed by atoms with Crippen molar-refractivity contribution in [1.82, 2.24) is 0 Å². The molecule has 52 valence electrons. The van der Waals surface area contributed by atoms with Crippen molar-refractivity contribution in [3.05, 3.63) is 0 Å². The monoisotopic (exact) mass is 134 g/mol. The van der Waals surface area contributed by atoms with Crippen LogP contribution in [0.1, 0.15) is 19.3 Å². The highest BCUT2D eigenvalue weighted by Gasteiger charge is 2.44. The number of halogens is 2. The van der Waals surface area contributed by atoms with Gasteiger partial charge < -0.3 is 4.79 Å². The second-order valence-electron chi connectivity index (χ2n) is 2.58. The number of rotatable bonds is 3. The van der Waals surface area contributed by atoms with Crippen LogP contribution >= 0.6 is 0 Å². The summed E-state index contributed by atoms with van der Waals surface area (Å²) in [4.78, 5) is 10.1. The van der Waals surface area contributed by atoms with Gasteiger partial charge in [-0.05, 0) is 12.8 Å². The molecule has 0 aromatic heterocycles. The lowest BCUT2D eigenvalue weighted by Gasteiger charge is -2.02. The maximum absolute atomic E-state index is 11.6. The summed E-state index contributed by atoms with van der Waals surface area (Å²) in [5, 5.41) is 0. The summed E-state index contributed by atoms with van der Waals surface area (Å²) in [6.45, 7) is 0. The number of aldehydes is 1. The normalized spacial score (nSPS) is 22.1. The van der Waals surface area contributed by atoms with Crippen LogP contribution in [0.4, 0.5) is 8.78 Å². The Hall–Kier alpha value is -0.470. The molecule has 1 fully saturated rings. The fourth-order valence-electron chi connectivity index (χ4n) is 0.838. The van der Waals surface area contributed by atoms with Gasteiger partial charge in [-0.15, -0.1) is 0 Å². The van der Waals surface area contributed by atoms with Gasteiger partial charge in [0.2, 0.25) is 6.43 Å². The minimum absolute atomic E-state index is 0.240. The first-order valence-corrected chi connectivity index (χ1v) is 2.93. The largest absolute Gasteiger partial charge is 0.303 e. The number of alkyl halides is 2. The molecule has 0 amide bonds. The van der Waals surface area contributed by atoms with Crippen LogP contribution in [-0.2, 0) is 4.79 Å². The third kappa shape index (κ3) is 1.47. The van der Waals surface area contributed by atoms with Crippen molar-refractivity contribution < 1.29 is 13.6 Å². The van der Waals surface area contributed by atoms with Gasteiger partial charge in [-0.25, -0.2) is 8.78 Å². The van der Waals surface area contributed by atoms with E-state index in [2.05, 4.69) is 0 Å². The van der Waals surface area contributed by atoms with Crippen molar-refractivity contribution in [3.8, 4) is 0 Å². The third-order valence-electron chi connectivity index (χ3n) is 1.70. The van der Waals surface area contributed by atoms with E-state index in [-0.39, 0.29) is 6.42 Å². The Kier molecular flexibility index (Phi) is 1.51. The predicted molar refractivity (Wildman–Crippen MR) is 28.4 cm³/mol. The van der Waals surface area contributed by atoms with E-state index in [1.54, 1.807) is 0 Å². The summed E-state index contributed by atoms with van der Waals surface area (Å²) < 4.78 is 23.2. The van der Waals surface area contributed by atoms with E-state index in [1.165, 1.54) is 0 Å². The molecule has 0 bridgehead atoms. The Bertz CT molecular complexity index is 118. The molecule has 1 nitrogen and oxygen atoms in total. The van der Waals surface area contributed by atoms with Crippen LogP contribution in [0.3, 0.4) is 0 Å². The highest BCUT2D eigenvalue weighted by molar-refractivity contribution is 5.63. The van der Waals surface area contributed by atoms with Crippen LogP contribution in [0.15, 0.2) is 0 Å². The first-order chi connectivity index (χ1) is 4.18. The fraction of sp³-hybridized carbons (Fsp3) is 0.833. The van der Waals surface area contributed by atoms with Crippen molar-refractivity contribution in [2.45, 2.75) is 25.7 Å². The van der Waals surface area contributed by atoms with Gasteiger partial charge in [0.15, 0.2) is 0 Å². The summed E-state index contributed by atoms with van der Waals surface area (Å²) in [6.07, 6.45) is -0.588. The number of carbonyl (C=O) groups excluding carboxylic acids is 1. The highest BCUT2D eigenvalue weighted by atomic mass is 19.3. The summed E-state index contributed by atoms with van der Waals surface area (Å²) in [5.74, 6) is 0. The lowest BCUT2D eigenvalue weighted by atomic mass is 10.1. The average molecular weight is 134 g/mol. The molecule has 9 heavy (non-hydrogen) atoms. The Balaban J connectivity index is 2.33. The summed E-state index contributed by atoms with van der Waals surface area (Å²) in [7, 11) is 0. The van der Waals surface area contributed by atoms with E-state index in [0.717, 1.165) is 0 Å². The topological polar surface area (TPSA) is 17.1 Å². The number of hydrogen-bond donors (Lipinski definition) is 0. The Labute approximate surface area is 52.1 Å². The highest BCUT2D eigenvalue weighted by Crippen LogP contribution is 2.47. The molecule has 0 heterocycles. The van der Waals surface area contributed by atoms with Crippen LogP contribution in [0.5, 0.6) is 0 Å². The Morgan fingerprint density at radius 3 is 2.22 bits per heavy atom. The van der Waals surface area contributed by atoms with Crippen LogP contribution in [0, 0.1) is 5.41 Å². The minimum Gasteiger partial charge on any atom is -0.303 e. The van der Waals surface area contributed by atoms with E-state index in [4.69, 9.17) is 0 Å². The zero-order chi connectivity index (χ0) is 6.91. The predicted octanol–water partition coefficient (Wildman–Crippen LogP) is 1.62. The molecule has 1 aliphatic carbocycles. The molecule has 1 aliphatic rings. The number of hydrogen-bond acceptors (Lipinski definition) is 1. The molecule has 0 aliphatic heterocycles. The van der Waals surface area contributed by atoms with Gasteiger partial charge in [0, 0.05) is 11.8 Å². The summed E-state index contributed by atoms with van der Waals surface area (Å²) >= 11 is 0. The lowest BCUT2D eigenvalue weighted by Crippen LogP contribution is -2.07. The van der Waals surface area contributed by atoms with E-state index in [9.17, 15) is 13.6 Å². The zero-order valence-electron chi connectivity index (χ0n) is 4.94. The van der Waals surface area contributed by atoms with Crippen molar-refractivity contribution in [2.75, 3.05) is 0 Å². The molecule has 0 aromatic rings. The van der Waals surface area contributed by atoms with Gasteiger partial charge in [0.25, 0.3) is 0 Å². The molecule has 0 N–H and O–H groups in total. The average Bonchev–Trinajstić information content (AvgIpc) is 2.48. The molecule has 0 saturated heterocycles. The van der Waals surface area contributed by atoms with Crippen LogP contribution in [0.2, 0.25) is 0 Å². The molecular formula is C6H8F2O. The third-order valence-corrected chi connectivity index (χ3v) is 1.70.